The largest absolute Gasteiger partial charge is 0.480 e. The molecule has 11 nitrogen and oxygen atoms in total. The fraction of sp³-hybridized carbons (Fsp3) is 0.732. The predicted molar refractivity (Wildman–Crippen MR) is 212 cm³/mol. The molecule has 0 aromatic carbocycles. The van der Waals surface area contributed by atoms with Crippen LogP contribution in [0, 0.1) is 0 Å². The first kappa shape index (κ1) is 50.4. The Hall–Kier alpha value is -2.56. The van der Waals surface area contributed by atoms with Gasteiger partial charge in [-0.25, -0.2) is 4.57 Å². The molecule has 0 radical (unpaired) electrons. The molecule has 0 fully saturated rings. The van der Waals surface area contributed by atoms with Crippen molar-refractivity contribution in [1.82, 2.24) is 0 Å². The first-order chi connectivity index (χ1) is 25.6. The van der Waals surface area contributed by atoms with Crippen LogP contribution in [0.25, 0.3) is 0 Å². The van der Waals surface area contributed by atoms with Crippen LogP contribution in [-0.4, -0.2) is 59.9 Å². The SMILES string of the molecule is CCCCC/C=C\C/C=C\C/C=C\CCCCC(=O)O[C@H](COC(=O)CCCCCCC/C=C\CCCCCCC)COP(=O)(O)OC[C@H](N)C(=O)O. The van der Waals surface area contributed by atoms with Gasteiger partial charge in [-0.1, -0.05) is 120 Å². The van der Waals surface area contributed by atoms with Gasteiger partial charge in [-0.15, -0.1) is 0 Å². The van der Waals surface area contributed by atoms with Gasteiger partial charge in [0.05, 0.1) is 13.2 Å². The second kappa shape index (κ2) is 36.4. The average molecular weight is 770 g/mol. The molecule has 0 aromatic rings. The zero-order valence-electron chi connectivity index (χ0n) is 32.8. The van der Waals surface area contributed by atoms with Crippen molar-refractivity contribution in [2.24, 2.45) is 5.73 Å². The molecule has 0 spiro atoms. The first-order valence-electron chi connectivity index (χ1n) is 20.2. The molecule has 0 amide bonds. The molecule has 0 rings (SSSR count). The van der Waals surface area contributed by atoms with E-state index in [4.69, 9.17) is 24.8 Å². The van der Waals surface area contributed by atoms with Crippen molar-refractivity contribution in [2.45, 2.75) is 174 Å². The lowest BCUT2D eigenvalue weighted by Crippen LogP contribution is -2.34. The van der Waals surface area contributed by atoms with Gasteiger partial charge in [0.25, 0.3) is 0 Å². The molecule has 4 N–H and O–H groups in total. The van der Waals surface area contributed by atoms with Gasteiger partial charge in [-0.05, 0) is 77.0 Å². The second-order valence-electron chi connectivity index (χ2n) is 13.4. The van der Waals surface area contributed by atoms with E-state index in [1.165, 1.54) is 51.4 Å². The van der Waals surface area contributed by atoms with Gasteiger partial charge in [-0.2, -0.15) is 0 Å². The van der Waals surface area contributed by atoms with Gasteiger partial charge < -0.3 is 25.2 Å². The van der Waals surface area contributed by atoms with Crippen molar-refractivity contribution in [3.63, 3.8) is 0 Å². The number of unbranched alkanes of at least 4 members (excludes halogenated alkanes) is 15. The van der Waals surface area contributed by atoms with Gasteiger partial charge in [0, 0.05) is 12.8 Å². The van der Waals surface area contributed by atoms with E-state index in [9.17, 15) is 23.8 Å². The summed E-state index contributed by atoms with van der Waals surface area (Å²) in [4.78, 5) is 45.8. The zero-order chi connectivity index (χ0) is 39.3. The number of carboxylic acids is 1. The maximum Gasteiger partial charge on any atom is 0.472 e. The fourth-order valence-corrected chi connectivity index (χ4v) is 5.84. The highest BCUT2D eigenvalue weighted by Gasteiger charge is 2.28. The topological polar surface area (TPSA) is 172 Å². The third kappa shape index (κ3) is 36.2. The van der Waals surface area contributed by atoms with Crippen LogP contribution in [0.4, 0.5) is 0 Å². The number of hydrogen-bond donors (Lipinski definition) is 3. The molecule has 1 unspecified atom stereocenters. The number of carbonyl (C=O) groups excluding carboxylic acids is 2. The number of rotatable bonds is 37. The summed E-state index contributed by atoms with van der Waals surface area (Å²) < 4.78 is 32.6. The Morgan fingerprint density at radius 1 is 0.585 bits per heavy atom. The molecular formula is C41H72NO10P. The maximum atomic E-state index is 12.6. The van der Waals surface area contributed by atoms with Crippen molar-refractivity contribution in [1.29, 1.82) is 0 Å². The third-order valence-corrected chi connectivity index (χ3v) is 9.25. The van der Waals surface area contributed by atoms with Crippen LogP contribution in [0.3, 0.4) is 0 Å². The molecule has 0 saturated heterocycles. The highest BCUT2D eigenvalue weighted by Crippen LogP contribution is 2.43. The van der Waals surface area contributed by atoms with E-state index in [0.717, 1.165) is 70.6 Å². The Morgan fingerprint density at radius 2 is 1.00 bits per heavy atom. The molecular weight excluding hydrogens is 697 g/mol. The van der Waals surface area contributed by atoms with E-state index >= 15 is 0 Å². The third-order valence-electron chi connectivity index (χ3n) is 8.30. The number of allylic oxidation sites excluding steroid dienone is 8. The number of aliphatic carboxylic acids is 1. The molecule has 53 heavy (non-hydrogen) atoms. The van der Waals surface area contributed by atoms with Gasteiger partial charge in [0.15, 0.2) is 6.10 Å². The smallest absolute Gasteiger partial charge is 0.472 e. The van der Waals surface area contributed by atoms with Crippen LogP contribution >= 0.6 is 7.82 Å². The molecule has 306 valence electrons. The Kier molecular flexibility index (Phi) is 34.7. The van der Waals surface area contributed by atoms with Crippen LogP contribution in [0.1, 0.15) is 162 Å². The van der Waals surface area contributed by atoms with Crippen LogP contribution in [0.5, 0.6) is 0 Å². The van der Waals surface area contributed by atoms with Crippen molar-refractivity contribution in [3.05, 3.63) is 48.6 Å². The number of carboxylic acid groups (broad SMARTS) is 1. The lowest BCUT2D eigenvalue weighted by molar-refractivity contribution is -0.161. The Balaban J connectivity index is 4.51. The number of esters is 2. The monoisotopic (exact) mass is 769 g/mol. The lowest BCUT2D eigenvalue weighted by atomic mass is 10.1. The van der Waals surface area contributed by atoms with Crippen molar-refractivity contribution >= 4 is 25.7 Å². The summed E-state index contributed by atoms with van der Waals surface area (Å²) in [6.45, 7) is 2.70. The molecule has 0 heterocycles. The standard InChI is InChI=1S/C41H72NO10P/c1-3-5-7-9-11-13-15-17-19-21-23-25-27-29-31-33-40(44)52-37(35-50-53(47,48)51-36-38(42)41(45)46)34-49-39(43)32-30-28-26-24-22-20-18-16-14-12-10-8-6-4-2/h11,13,16-19,23,25,37-38H,3-10,12,14-15,20-22,24,26-36,42H2,1-2H3,(H,45,46)(H,47,48)/b13-11-,18-16-,19-17-,25-23-/t37-,38+/m1/s1. The fourth-order valence-electron chi connectivity index (χ4n) is 5.06. The minimum atomic E-state index is -4.72. The first-order valence-corrected chi connectivity index (χ1v) is 21.7. The normalized spacial score (nSPS) is 14.3. The summed E-state index contributed by atoms with van der Waals surface area (Å²) in [5.74, 6) is -2.44. The molecule has 0 aliphatic carbocycles. The van der Waals surface area contributed by atoms with E-state index < -0.39 is 51.1 Å². The zero-order valence-corrected chi connectivity index (χ0v) is 33.7. The summed E-state index contributed by atoms with van der Waals surface area (Å²) >= 11 is 0. The number of hydrogen-bond acceptors (Lipinski definition) is 9. The minimum absolute atomic E-state index is 0.109. The highest BCUT2D eigenvalue weighted by molar-refractivity contribution is 7.47. The number of ether oxygens (including phenoxy) is 2. The minimum Gasteiger partial charge on any atom is -0.480 e. The molecule has 0 bridgehead atoms. The summed E-state index contributed by atoms with van der Waals surface area (Å²) in [5.41, 5.74) is 5.32. The number of carbonyl (C=O) groups is 3. The van der Waals surface area contributed by atoms with Gasteiger partial charge >= 0.3 is 25.7 Å². The maximum absolute atomic E-state index is 12.6. The Morgan fingerprint density at radius 3 is 1.58 bits per heavy atom. The quantitative estimate of drug-likeness (QED) is 0.0238. The molecule has 0 aliphatic heterocycles. The van der Waals surface area contributed by atoms with Gasteiger partial charge in [-0.3, -0.25) is 23.4 Å². The van der Waals surface area contributed by atoms with Crippen molar-refractivity contribution < 1.29 is 47.5 Å². The molecule has 0 aliphatic rings. The van der Waals surface area contributed by atoms with Gasteiger partial charge in [0.2, 0.25) is 0 Å². The van der Waals surface area contributed by atoms with E-state index in [-0.39, 0.29) is 19.4 Å². The summed E-state index contributed by atoms with van der Waals surface area (Å²) in [7, 11) is -4.72. The molecule has 12 heteroatoms. The van der Waals surface area contributed by atoms with Crippen molar-refractivity contribution in [2.75, 3.05) is 19.8 Å². The summed E-state index contributed by atoms with van der Waals surface area (Å²) in [6.07, 6.45) is 38.9. The van der Waals surface area contributed by atoms with E-state index in [0.29, 0.717) is 12.8 Å². The molecule has 3 atom stereocenters. The second-order valence-corrected chi connectivity index (χ2v) is 14.9. The lowest BCUT2D eigenvalue weighted by Gasteiger charge is -2.20. The Bertz CT molecular complexity index is 1090. The van der Waals surface area contributed by atoms with Crippen LogP contribution < -0.4 is 5.73 Å². The number of nitrogens with two attached hydrogens (primary N) is 1. The average Bonchev–Trinajstić information content (AvgIpc) is 3.13. The molecule has 0 saturated carbocycles. The summed E-state index contributed by atoms with van der Waals surface area (Å²) in [6, 6.07) is -1.53. The van der Waals surface area contributed by atoms with Crippen LogP contribution in [0.15, 0.2) is 48.6 Å². The van der Waals surface area contributed by atoms with E-state index in [2.05, 4.69) is 67.0 Å². The van der Waals surface area contributed by atoms with Gasteiger partial charge in [0.1, 0.15) is 12.6 Å². The summed E-state index contributed by atoms with van der Waals surface area (Å²) in [5, 5.41) is 8.87. The molecule has 0 aromatic heterocycles. The number of phosphoric ester groups is 1. The van der Waals surface area contributed by atoms with E-state index in [1.807, 2.05) is 0 Å². The van der Waals surface area contributed by atoms with Crippen molar-refractivity contribution in [3.8, 4) is 0 Å². The highest BCUT2D eigenvalue weighted by atomic mass is 31.2. The Labute approximate surface area is 320 Å². The van der Waals surface area contributed by atoms with Crippen LogP contribution in [0.2, 0.25) is 0 Å². The van der Waals surface area contributed by atoms with E-state index in [1.54, 1.807) is 0 Å². The van der Waals surface area contributed by atoms with Crippen LogP contribution in [-0.2, 0) is 37.5 Å². The predicted octanol–water partition coefficient (Wildman–Crippen LogP) is 10.2. The number of phosphoric acid groups is 1.